The van der Waals surface area contributed by atoms with Gasteiger partial charge >= 0.3 is 0 Å². The molecular weight excluding hydrogens is 312 g/mol. The van der Waals surface area contributed by atoms with Crippen molar-refractivity contribution in [2.24, 2.45) is 5.73 Å². The lowest BCUT2D eigenvalue weighted by molar-refractivity contribution is 0.126. The minimum Gasteiger partial charge on any atom is -0.395 e. The molecule has 0 bridgehead atoms. The van der Waals surface area contributed by atoms with E-state index in [1.165, 1.54) is 17.7 Å². The zero-order valence-corrected chi connectivity index (χ0v) is 13.1. The average Bonchev–Trinajstić information content (AvgIpc) is 3.12. The van der Waals surface area contributed by atoms with Crippen LogP contribution >= 0.6 is 27.3 Å². The van der Waals surface area contributed by atoms with Crippen LogP contribution in [0.4, 0.5) is 0 Å². The van der Waals surface area contributed by atoms with Crippen LogP contribution in [-0.4, -0.2) is 35.2 Å². The molecule has 1 aromatic rings. The van der Waals surface area contributed by atoms with Crippen LogP contribution in [0.3, 0.4) is 0 Å². The minimum atomic E-state index is 0.127. The quantitative estimate of drug-likeness (QED) is 0.807. The Morgan fingerprint density at radius 2 is 2.28 bits per heavy atom. The lowest BCUT2D eigenvalue weighted by atomic mass is 10.0. The number of hydrogen-bond donors (Lipinski definition) is 2. The highest BCUT2D eigenvalue weighted by molar-refractivity contribution is 9.11. The SMILES string of the molecule is CCC(N)C(c1ccc(Br)s1)N(CCO)C1CC1. The molecule has 2 rings (SSSR count). The Bertz CT molecular complexity index is 381. The van der Waals surface area contributed by atoms with Crippen LogP contribution in [0, 0.1) is 0 Å². The molecule has 0 amide bonds. The van der Waals surface area contributed by atoms with Gasteiger partial charge in [-0.1, -0.05) is 6.92 Å². The van der Waals surface area contributed by atoms with E-state index >= 15 is 0 Å². The fourth-order valence-electron chi connectivity index (χ4n) is 2.40. The number of rotatable bonds is 7. The van der Waals surface area contributed by atoms with Crippen LogP contribution in [0.1, 0.15) is 37.1 Å². The normalized spacial score (nSPS) is 19.2. The van der Waals surface area contributed by atoms with Crippen LogP contribution < -0.4 is 5.73 Å². The highest BCUT2D eigenvalue weighted by Crippen LogP contribution is 2.39. The van der Waals surface area contributed by atoms with Gasteiger partial charge in [-0.15, -0.1) is 11.3 Å². The molecule has 3 N–H and O–H groups in total. The van der Waals surface area contributed by atoms with Gasteiger partial charge in [0, 0.05) is 23.5 Å². The molecule has 1 aliphatic rings. The van der Waals surface area contributed by atoms with Gasteiger partial charge in [0.05, 0.1) is 16.4 Å². The first-order chi connectivity index (χ1) is 8.67. The number of hydrogen-bond acceptors (Lipinski definition) is 4. The lowest BCUT2D eigenvalue weighted by Crippen LogP contribution is -2.43. The molecule has 2 atom stereocenters. The second kappa shape index (κ2) is 6.48. The summed E-state index contributed by atoms with van der Waals surface area (Å²) in [7, 11) is 0. The second-order valence-electron chi connectivity index (χ2n) is 4.85. The van der Waals surface area contributed by atoms with Crippen LogP contribution in [0.15, 0.2) is 15.9 Å². The first-order valence-corrected chi connectivity index (χ1v) is 8.15. The molecular formula is C13H21BrN2OS. The van der Waals surface area contributed by atoms with E-state index in [4.69, 9.17) is 5.73 Å². The summed E-state index contributed by atoms with van der Waals surface area (Å²) < 4.78 is 1.14. The molecule has 3 nitrogen and oxygen atoms in total. The zero-order chi connectivity index (χ0) is 13.1. The average molecular weight is 333 g/mol. The Morgan fingerprint density at radius 3 is 2.72 bits per heavy atom. The van der Waals surface area contributed by atoms with E-state index in [-0.39, 0.29) is 18.7 Å². The summed E-state index contributed by atoms with van der Waals surface area (Å²) in [6.07, 6.45) is 3.42. The largest absolute Gasteiger partial charge is 0.395 e. The Labute approximate surface area is 121 Å². The van der Waals surface area contributed by atoms with E-state index in [0.29, 0.717) is 6.04 Å². The van der Waals surface area contributed by atoms with Gasteiger partial charge in [-0.25, -0.2) is 0 Å². The fourth-order valence-corrected chi connectivity index (χ4v) is 4.02. The van der Waals surface area contributed by atoms with Crippen molar-refractivity contribution >= 4 is 27.3 Å². The Kier molecular flexibility index (Phi) is 5.21. The predicted molar refractivity (Wildman–Crippen MR) is 79.8 cm³/mol. The van der Waals surface area contributed by atoms with E-state index in [0.717, 1.165) is 16.8 Å². The number of aliphatic hydroxyl groups is 1. The number of aliphatic hydroxyl groups excluding tert-OH is 1. The number of thiophene rings is 1. The van der Waals surface area contributed by atoms with E-state index in [9.17, 15) is 5.11 Å². The highest BCUT2D eigenvalue weighted by atomic mass is 79.9. The van der Waals surface area contributed by atoms with Crippen molar-refractivity contribution in [1.29, 1.82) is 0 Å². The standard InChI is InChI=1S/C13H21BrN2OS/c1-2-10(15)13(11-5-6-12(14)18-11)16(7-8-17)9-3-4-9/h5-6,9-10,13,17H,2-4,7-8,15H2,1H3. The minimum absolute atomic E-state index is 0.127. The maximum Gasteiger partial charge on any atom is 0.0702 e. The summed E-state index contributed by atoms with van der Waals surface area (Å²) in [6.45, 7) is 3.05. The van der Waals surface area contributed by atoms with Crippen molar-refractivity contribution in [2.75, 3.05) is 13.2 Å². The third-order valence-corrected chi connectivity index (χ3v) is 5.19. The number of nitrogens with zero attached hydrogens (tertiary/aromatic N) is 1. The molecule has 5 heteroatoms. The van der Waals surface area contributed by atoms with E-state index in [2.05, 4.69) is 39.9 Å². The van der Waals surface area contributed by atoms with Crippen molar-refractivity contribution in [3.63, 3.8) is 0 Å². The predicted octanol–water partition coefficient (Wildman–Crippen LogP) is 2.75. The van der Waals surface area contributed by atoms with Gasteiger partial charge < -0.3 is 10.8 Å². The van der Waals surface area contributed by atoms with Gasteiger partial charge in [-0.2, -0.15) is 0 Å². The van der Waals surface area contributed by atoms with Crippen molar-refractivity contribution in [1.82, 2.24) is 4.90 Å². The molecule has 1 aromatic heterocycles. The maximum atomic E-state index is 9.28. The zero-order valence-electron chi connectivity index (χ0n) is 10.7. The van der Waals surface area contributed by atoms with Crippen molar-refractivity contribution in [3.05, 3.63) is 20.8 Å². The van der Waals surface area contributed by atoms with Gasteiger partial charge in [-0.3, -0.25) is 4.90 Å². The summed E-state index contributed by atoms with van der Waals surface area (Å²) in [4.78, 5) is 3.70. The molecule has 2 unspecified atom stereocenters. The van der Waals surface area contributed by atoms with Crippen LogP contribution in [0.5, 0.6) is 0 Å². The van der Waals surface area contributed by atoms with Gasteiger partial charge in [0.1, 0.15) is 0 Å². The molecule has 0 radical (unpaired) electrons. The first kappa shape index (κ1) is 14.5. The summed E-state index contributed by atoms with van der Waals surface area (Å²) in [5, 5.41) is 9.28. The smallest absolute Gasteiger partial charge is 0.0702 e. The molecule has 1 heterocycles. The molecule has 0 aromatic carbocycles. The summed E-state index contributed by atoms with van der Waals surface area (Å²) in [6, 6.07) is 5.22. The molecule has 0 spiro atoms. The Morgan fingerprint density at radius 1 is 1.56 bits per heavy atom. The summed E-state index contributed by atoms with van der Waals surface area (Å²) >= 11 is 5.27. The first-order valence-electron chi connectivity index (χ1n) is 6.54. The monoisotopic (exact) mass is 332 g/mol. The van der Waals surface area contributed by atoms with E-state index in [1.807, 2.05) is 0 Å². The summed E-state index contributed by atoms with van der Waals surface area (Å²) in [5.74, 6) is 0. The molecule has 18 heavy (non-hydrogen) atoms. The fraction of sp³-hybridized carbons (Fsp3) is 0.692. The van der Waals surface area contributed by atoms with Gasteiger partial charge in [0.2, 0.25) is 0 Å². The number of nitrogens with two attached hydrogens (primary N) is 1. The maximum absolute atomic E-state index is 9.28. The number of halogens is 1. The van der Waals surface area contributed by atoms with Crippen molar-refractivity contribution in [2.45, 2.75) is 44.3 Å². The second-order valence-corrected chi connectivity index (χ2v) is 7.35. The molecule has 1 aliphatic carbocycles. The Balaban J connectivity index is 2.22. The lowest BCUT2D eigenvalue weighted by Gasteiger charge is -2.34. The molecule has 1 saturated carbocycles. The molecule has 102 valence electrons. The van der Waals surface area contributed by atoms with Crippen LogP contribution in [0.2, 0.25) is 0 Å². The van der Waals surface area contributed by atoms with Crippen molar-refractivity contribution in [3.8, 4) is 0 Å². The molecule has 1 fully saturated rings. The third-order valence-electron chi connectivity index (χ3n) is 3.49. The van der Waals surface area contributed by atoms with Crippen LogP contribution in [-0.2, 0) is 0 Å². The summed E-state index contributed by atoms with van der Waals surface area (Å²) in [5.41, 5.74) is 6.32. The molecule has 0 saturated heterocycles. The van der Waals surface area contributed by atoms with Crippen LogP contribution in [0.25, 0.3) is 0 Å². The van der Waals surface area contributed by atoms with Gasteiger partial charge in [0.25, 0.3) is 0 Å². The highest BCUT2D eigenvalue weighted by Gasteiger charge is 2.37. The third kappa shape index (κ3) is 3.33. The topological polar surface area (TPSA) is 49.5 Å². The van der Waals surface area contributed by atoms with E-state index in [1.54, 1.807) is 11.3 Å². The molecule has 0 aliphatic heterocycles. The Hall–Kier alpha value is 0.0600. The van der Waals surface area contributed by atoms with E-state index < -0.39 is 0 Å². The van der Waals surface area contributed by atoms with Gasteiger partial charge in [-0.05, 0) is 47.3 Å². The van der Waals surface area contributed by atoms with Crippen molar-refractivity contribution < 1.29 is 5.11 Å². The van der Waals surface area contributed by atoms with Gasteiger partial charge in [0.15, 0.2) is 0 Å².